The summed E-state index contributed by atoms with van der Waals surface area (Å²) >= 11 is 18.9. The first-order chi connectivity index (χ1) is 16.1. The molecule has 0 bridgehead atoms. The zero-order chi connectivity index (χ0) is 25.0. The third-order valence-corrected chi connectivity index (χ3v) is 6.87. The normalized spacial score (nSPS) is 12.0. The van der Waals surface area contributed by atoms with Gasteiger partial charge in [0.15, 0.2) is 11.0 Å². The second-order valence-corrected chi connectivity index (χ2v) is 9.85. The number of halogens is 4. The van der Waals surface area contributed by atoms with Crippen molar-refractivity contribution < 1.29 is 14.0 Å². The molecule has 3 rings (SSSR count). The van der Waals surface area contributed by atoms with Gasteiger partial charge in [0.05, 0.1) is 26.9 Å². The molecule has 0 saturated heterocycles. The fraction of sp³-hybridized carbons (Fsp3) is 0.273. The van der Waals surface area contributed by atoms with E-state index in [2.05, 4.69) is 20.8 Å². The van der Waals surface area contributed by atoms with Gasteiger partial charge in [0.2, 0.25) is 5.91 Å². The maximum absolute atomic E-state index is 13.3. The Morgan fingerprint density at radius 1 is 1.06 bits per heavy atom. The number of benzene rings is 2. The van der Waals surface area contributed by atoms with E-state index in [1.165, 1.54) is 36.0 Å². The lowest BCUT2D eigenvalue weighted by atomic mass is 10.0. The Morgan fingerprint density at radius 2 is 1.79 bits per heavy atom. The molecule has 12 heteroatoms. The SMILES string of the molecule is CC(C)[C@H](NC(=O)c1ccc(Cl)c(Cl)c1)c1nnc(SCC(=O)Nc2ccc(F)c(Cl)c2)n1C. The molecule has 1 aromatic heterocycles. The van der Waals surface area contributed by atoms with Gasteiger partial charge in [-0.15, -0.1) is 10.2 Å². The number of nitrogens with one attached hydrogen (secondary N) is 2. The summed E-state index contributed by atoms with van der Waals surface area (Å²) in [5.41, 5.74) is 0.759. The van der Waals surface area contributed by atoms with Crippen LogP contribution in [-0.4, -0.2) is 32.3 Å². The van der Waals surface area contributed by atoms with Crippen molar-refractivity contribution in [1.29, 1.82) is 0 Å². The van der Waals surface area contributed by atoms with Crippen LogP contribution in [0.15, 0.2) is 41.6 Å². The summed E-state index contributed by atoms with van der Waals surface area (Å²) in [5.74, 6) is -0.622. The zero-order valence-corrected chi connectivity index (χ0v) is 21.5. The molecule has 1 heterocycles. The average molecular weight is 545 g/mol. The number of hydrogen-bond acceptors (Lipinski definition) is 5. The fourth-order valence-corrected chi connectivity index (χ4v) is 4.21. The first-order valence-corrected chi connectivity index (χ1v) is 12.2. The maximum atomic E-state index is 13.3. The lowest BCUT2D eigenvalue weighted by Crippen LogP contribution is -2.33. The number of anilines is 1. The highest BCUT2D eigenvalue weighted by atomic mass is 35.5. The molecular weight excluding hydrogens is 524 g/mol. The highest BCUT2D eigenvalue weighted by Crippen LogP contribution is 2.26. The van der Waals surface area contributed by atoms with Crippen LogP contribution in [0.4, 0.5) is 10.1 Å². The summed E-state index contributed by atoms with van der Waals surface area (Å²) in [6.07, 6.45) is 0. The van der Waals surface area contributed by atoms with Crippen molar-refractivity contribution in [2.75, 3.05) is 11.1 Å². The third-order valence-electron chi connectivity index (χ3n) is 4.82. The molecule has 0 aliphatic heterocycles. The second-order valence-electron chi connectivity index (χ2n) is 7.69. The van der Waals surface area contributed by atoms with E-state index >= 15 is 0 Å². The Morgan fingerprint density at radius 3 is 2.44 bits per heavy atom. The Bertz CT molecular complexity index is 1220. The van der Waals surface area contributed by atoms with Gasteiger partial charge in [-0.05, 0) is 42.3 Å². The van der Waals surface area contributed by atoms with E-state index in [9.17, 15) is 14.0 Å². The molecule has 180 valence electrons. The number of nitrogens with zero attached hydrogens (tertiary/aromatic N) is 3. The van der Waals surface area contributed by atoms with Gasteiger partial charge in [-0.25, -0.2) is 4.39 Å². The number of aromatic nitrogens is 3. The summed E-state index contributed by atoms with van der Waals surface area (Å²) in [6.45, 7) is 3.89. The van der Waals surface area contributed by atoms with Crippen LogP contribution < -0.4 is 10.6 Å². The molecule has 2 aromatic carbocycles. The highest BCUT2D eigenvalue weighted by molar-refractivity contribution is 7.99. The van der Waals surface area contributed by atoms with Crippen molar-refractivity contribution in [3.05, 3.63) is 68.7 Å². The Kier molecular flexibility index (Phi) is 8.81. The van der Waals surface area contributed by atoms with Crippen molar-refractivity contribution in [2.24, 2.45) is 13.0 Å². The first-order valence-electron chi connectivity index (χ1n) is 10.1. The minimum atomic E-state index is -0.563. The van der Waals surface area contributed by atoms with Gasteiger partial charge in [0, 0.05) is 18.3 Å². The van der Waals surface area contributed by atoms with Gasteiger partial charge in [0.1, 0.15) is 5.82 Å². The Balaban J connectivity index is 1.67. The summed E-state index contributed by atoms with van der Waals surface area (Å²) in [4.78, 5) is 25.1. The van der Waals surface area contributed by atoms with Crippen molar-refractivity contribution in [2.45, 2.75) is 25.0 Å². The lowest BCUT2D eigenvalue weighted by Gasteiger charge is -2.22. The van der Waals surface area contributed by atoms with Gasteiger partial charge in [0.25, 0.3) is 5.91 Å². The van der Waals surface area contributed by atoms with E-state index in [0.717, 1.165) is 0 Å². The lowest BCUT2D eigenvalue weighted by molar-refractivity contribution is -0.113. The molecule has 1 atom stereocenters. The van der Waals surface area contributed by atoms with Gasteiger partial charge in [-0.3, -0.25) is 9.59 Å². The maximum Gasteiger partial charge on any atom is 0.251 e. The molecule has 3 aromatic rings. The molecular formula is C22H21Cl3FN5O2S. The quantitative estimate of drug-likeness (QED) is 0.351. The van der Waals surface area contributed by atoms with E-state index in [1.54, 1.807) is 23.7 Å². The molecule has 0 aliphatic rings. The molecule has 0 spiro atoms. The number of rotatable bonds is 8. The fourth-order valence-electron chi connectivity index (χ4n) is 3.02. The number of hydrogen-bond donors (Lipinski definition) is 2. The minimum absolute atomic E-state index is 0.000930. The van der Waals surface area contributed by atoms with Crippen LogP contribution in [0.2, 0.25) is 15.1 Å². The van der Waals surface area contributed by atoms with E-state index < -0.39 is 11.9 Å². The second kappa shape index (κ2) is 11.4. The monoisotopic (exact) mass is 543 g/mol. The molecule has 7 nitrogen and oxygen atoms in total. The molecule has 0 radical (unpaired) electrons. The van der Waals surface area contributed by atoms with Crippen molar-refractivity contribution in [3.63, 3.8) is 0 Å². The molecule has 34 heavy (non-hydrogen) atoms. The smallest absolute Gasteiger partial charge is 0.251 e. The molecule has 2 amide bonds. The Hall–Kier alpha value is -2.33. The predicted molar refractivity (Wildman–Crippen MR) is 133 cm³/mol. The number of amides is 2. The van der Waals surface area contributed by atoms with Gasteiger partial charge >= 0.3 is 0 Å². The highest BCUT2D eigenvalue weighted by Gasteiger charge is 2.25. The molecule has 0 aliphatic carbocycles. The molecule has 2 N–H and O–H groups in total. The van der Waals surface area contributed by atoms with E-state index in [0.29, 0.717) is 27.3 Å². The number of carbonyl (C=O) groups excluding carboxylic acids is 2. The van der Waals surface area contributed by atoms with Gasteiger partial charge < -0.3 is 15.2 Å². The number of carbonyl (C=O) groups is 2. The van der Waals surface area contributed by atoms with Crippen LogP contribution in [-0.2, 0) is 11.8 Å². The van der Waals surface area contributed by atoms with E-state index in [-0.39, 0.29) is 33.5 Å². The van der Waals surface area contributed by atoms with E-state index in [4.69, 9.17) is 34.8 Å². The molecule has 0 fully saturated rings. The van der Waals surface area contributed by atoms with Crippen LogP contribution in [0, 0.1) is 11.7 Å². The van der Waals surface area contributed by atoms with Crippen molar-refractivity contribution in [1.82, 2.24) is 20.1 Å². The topological polar surface area (TPSA) is 88.9 Å². The standard InChI is InChI=1S/C22H21Cl3FN5O2S/c1-11(2)19(28-21(33)12-4-6-14(23)15(24)8-12)20-29-30-22(31(20)3)34-10-18(32)27-13-5-7-17(26)16(25)9-13/h4-9,11,19H,10H2,1-3H3,(H,27,32)(H,28,33)/t19-/m0/s1. The predicted octanol–water partition coefficient (Wildman–Crippen LogP) is 5.77. The summed E-state index contributed by atoms with van der Waals surface area (Å²) in [5, 5.41) is 15.1. The Labute approximate surface area is 215 Å². The third kappa shape index (κ3) is 6.41. The summed E-state index contributed by atoms with van der Waals surface area (Å²) in [7, 11) is 1.76. The van der Waals surface area contributed by atoms with E-state index in [1.807, 2.05) is 13.8 Å². The van der Waals surface area contributed by atoms with Crippen LogP contribution in [0.3, 0.4) is 0 Å². The largest absolute Gasteiger partial charge is 0.342 e. The zero-order valence-electron chi connectivity index (χ0n) is 18.4. The van der Waals surface area contributed by atoms with Crippen LogP contribution in [0.25, 0.3) is 0 Å². The van der Waals surface area contributed by atoms with Gasteiger partial charge in [-0.1, -0.05) is 60.4 Å². The first kappa shape index (κ1) is 26.3. The van der Waals surface area contributed by atoms with Crippen molar-refractivity contribution in [3.8, 4) is 0 Å². The molecule has 0 unspecified atom stereocenters. The number of thioether (sulfide) groups is 1. The van der Waals surface area contributed by atoms with Gasteiger partial charge in [-0.2, -0.15) is 0 Å². The van der Waals surface area contributed by atoms with Crippen LogP contribution in [0.5, 0.6) is 0 Å². The molecule has 0 saturated carbocycles. The van der Waals surface area contributed by atoms with Crippen LogP contribution in [0.1, 0.15) is 36.1 Å². The minimum Gasteiger partial charge on any atom is -0.342 e. The summed E-state index contributed by atoms with van der Waals surface area (Å²) in [6, 6.07) is 8.15. The van der Waals surface area contributed by atoms with Crippen LogP contribution >= 0.6 is 46.6 Å². The summed E-state index contributed by atoms with van der Waals surface area (Å²) < 4.78 is 15.0. The van der Waals surface area contributed by atoms with Crippen molar-refractivity contribution >= 4 is 64.1 Å². The average Bonchev–Trinajstić information content (AvgIpc) is 3.14.